The van der Waals surface area contributed by atoms with Crippen LogP contribution in [0.2, 0.25) is 0 Å². The molecule has 0 radical (unpaired) electrons. The van der Waals surface area contributed by atoms with E-state index in [0.717, 1.165) is 0 Å². The molecule has 0 fully saturated rings. The first kappa shape index (κ1) is 12.2. The lowest BCUT2D eigenvalue weighted by molar-refractivity contribution is 0.312. The normalized spacial score (nSPS) is 10.4. The molecule has 5 nitrogen and oxygen atoms in total. The predicted molar refractivity (Wildman–Crippen MR) is 65.5 cm³/mol. The van der Waals surface area contributed by atoms with Crippen LogP contribution in [0.5, 0.6) is 6.01 Å². The van der Waals surface area contributed by atoms with Gasteiger partial charge in [0.05, 0.1) is 6.61 Å². The topological polar surface area (TPSA) is 73.9 Å². The third-order valence-electron chi connectivity index (χ3n) is 2.34. The van der Waals surface area contributed by atoms with Gasteiger partial charge in [0, 0.05) is 5.56 Å². The zero-order chi connectivity index (χ0) is 13.1. The molecule has 1 heterocycles. The number of hydrogen-bond donors (Lipinski definition) is 1. The molecule has 94 valence electrons. The standard InChI is InChI=1S/C12H13FN4O/c1-3-18-12-16-10(15-11(14)17-12)8-5-4-7(2)9(13)6-8/h4-6H,3H2,1-2H3,(H2,14,15,16,17). The van der Waals surface area contributed by atoms with Crippen LogP contribution in [-0.2, 0) is 0 Å². The smallest absolute Gasteiger partial charge is 0.321 e. The van der Waals surface area contributed by atoms with Gasteiger partial charge in [-0.3, -0.25) is 0 Å². The van der Waals surface area contributed by atoms with Crippen molar-refractivity contribution in [2.24, 2.45) is 0 Å². The van der Waals surface area contributed by atoms with Crippen LogP contribution >= 0.6 is 0 Å². The molecule has 18 heavy (non-hydrogen) atoms. The molecule has 0 aliphatic heterocycles. The summed E-state index contributed by atoms with van der Waals surface area (Å²) in [6.45, 7) is 3.92. The van der Waals surface area contributed by atoms with Gasteiger partial charge in [0.15, 0.2) is 5.82 Å². The molecule has 6 heteroatoms. The van der Waals surface area contributed by atoms with E-state index in [2.05, 4.69) is 15.0 Å². The number of nitrogen functional groups attached to an aromatic ring is 1. The lowest BCUT2D eigenvalue weighted by Gasteiger charge is -2.05. The number of halogens is 1. The second-order valence-corrected chi connectivity index (χ2v) is 3.70. The molecule has 2 N–H and O–H groups in total. The Labute approximate surface area is 104 Å². The van der Waals surface area contributed by atoms with Crippen molar-refractivity contribution < 1.29 is 9.13 Å². The monoisotopic (exact) mass is 248 g/mol. The number of hydrogen-bond acceptors (Lipinski definition) is 5. The number of rotatable bonds is 3. The minimum Gasteiger partial charge on any atom is -0.464 e. The lowest BCUT2D eigenvalue weighted by atomic mass is 10.1. The average molecular weight is 248 g/mol. The van der Waals surface area contributed by atoms with Crippen LogP contribution in [0.25, 0.3) is 11.4 Å². The molecule has 1 aromatic carbocycles. The van der Waals surface area contributed by atoms with Gasteiger partial charge >= 0.3 is 6.01 Å². The van der Waals surface area contributed by atoms with Crippen molar-refractivity contribution in [3.63, 3.8) is 0 Å². The highest BCUT2D eigenvalue weighted by molar-refractivity contribution is 5.56. The van der Waals surface area contributed by atoms with Crippen LogP contribution in [0, 0.1) is 12.7 Å². The minimum atomic E-state index is -0.315. The molecule has 1 aromatic heterocycles. The summed E-state index contributed by atoms with van der Waals surface area (Å²) in [4.78, 5) is 11.9. The first-order chi connectivity index (χ1) is 8.60. The maximum Gasteiger partial charge on any atom is 0.321 e. The molecule has 0 spiro atoms. The van der Waals surface area contributed by atoms with Gasteiger partial charge in [-0.1, -0.05) is 12.1 Å². The van der Waals surface area contributed by atoms with Crippen molar-refractivity contribution in [1.29, 1.82) is 0 Å². The number of nitrogens with zero attached hydrogens (tertiary/aromatic N) is 3. The van der Waals surface area contributed by atoms with Gasteiger partial charge < -0.3 is 10.5 Å². The minimum absolute atomic E-state index is 0.0458. The number of anilines is 1. The van der Waals surface area contributed by atoms with E-state index in [9.17, 15) is 4.39 Å². The molecule has 0 bridgehead atoms. The molecule has 0 amide bonds. The van der Waals surface area contributed by atoms with Crippen molar-refractivity contribution in [2.75, 3.05) is 12.3 Å². The fourth-order valence-corrected chi connectivity index (χ4v) is 1.43. The van der Waals surface area contributed by atoms with Crippen LogP contribution in [-0.4, -0.2) is 21.6 Å². The quantitative estimate of drug-likeness (QED) is 0.898. The van der Waals surface area contributed by atoms with Crippen molar-refractivity contribution >= 4 is 5.95 Å². The molecule has 0 saturated heterocycles. The molecular weight excluding hydrogens is 235 g/mol. The van der Waals surface area contributed by atoms with Gasteiger partial charge in [-0.05, 0) is 25.5 Å². The van der Waals surface area contributed by atoms with E-state index in [1.807, 2.05) is 6.92 Å². The first-order valence-corrected chi connectivity index (χ1v) is 5.51. The van der Waals surface area contributed by atoms with Gasteiger partial charge in [-0.2, -0.15) is 15.0 Å². The first-order valence-electron chi connectivity index (χ1n) is 5.51. The van der Waals surface area contributed by atoms with Gasteiger partial charge in [-0.15, -0.1) is 0 Å². The molecular formula is C12H13FN4O. The Morgan fingerprint density at radius 1 is 1.28 bits per heavy atom. The summed E-state index contributed by atoms with van der Waals surface area (Å²) in [5.74, 6) is 0.0266. The van der Waals surface area contributed by atoms with Crippen molar-refractivity contribution in [2.45, 2.75) is 13.8 Å². The fourth-order valence-electron chi connectivity index (χ4n) is 1.43. The van der Waals surface area contributed by atoms with E-state index in [1.165, 1.54) is 6.07 Å². The van der Waals surface area contributed by atoms with Gasteiger partial charge in [0.25, 0.3) is 0 Å². The Kier molecular flexibility index (Phi) is 3.36. The Bertz CT molecular complexity index is 574. The molecule has 2 rings (SSSR count). The van der Waals surface area contributed by atoms with Gasteiger partial charge in [0.1, 0.15) is 5.82 Å². The maximum atomic E-state index is 13.5. The van der Waals surface area contributed by atoms with E-state index in [4.69, 9.17) is 10.5 Å². The summed E-state index contributed by atoms with van der Waals surface area (Å²) in [5.41, 5.74) is 6.66. The van der Waals surface area contributed by atoms with Crippen LogP contribution in [0.3, 0.4) is 0 Å². The fraction of sp³-hybridized carbons (Fsp3) is 0.250. The third-order valence-corrected chi connectivity index (χ3v) is 2.34. The van der Waals surface area contributed by atoms with E-state index in [1.54, 1.807) is 19.1 Å². The van der Waals surface area contributed by atoms with Crippen molar-refractivity contribution in [1.82, 2.24) is 15.0 Å². The number of aromatic nitrogens is 3. The van der Waals surface area contributed by atoms with Crippen LogP contribution in [0.4, 0.5) is 10.3 Å². The Balaban J connectivity index is 2.46. The predicted octanol–water partition coefficient (Wildman–Crippen LogP) is 1.97. The maximum absolute atomic E-state index is 13.5. The summed E-state index contributed by atoms with van der Waals surface area (Å²) >= 11 is 0. The number of benzene rings is 1. The van der Waals surface area contributed by atoms with E-state index < -0.39 is 0 Å². The highest BCUT2D eigenvalue weighted by Crippen LogP contribution is 2.20. The summed E-state index contributed by atoms with van der Waals surface area (Å²) in [6, 6.07) is 4.88. The highest BCUT2D eigenvalue weighted by atomic mass is 19.1. The summed E-state index contributed by atoms with van der Waals surface area (Å²) in [5, 5.41) is 0. The third kappa shape index (κ3) is 2.53. The van der Waals surface area contributed by atoms with Crippen LogP contribution < -0.4 is 10.5 Å². The summed E-state index contributed by atoms with van der Waals surface area (Å²) < 4.78 is 18.6. The Morgan fingerprint density at radius 3 is 2.72 bits per heavy atom. The summed E-state index contributed by atoms with van der Waals surface area (Å²) in [7, 11) is 0. The van der Waals surface area contributed by atoms with E-state index in [-0.39, 0.29) is 17.8 Å². The zero-order valence-electron chi connectivity index (χ0n) is 10.1. The molecule has 0 saturated carbocycles. The highest BCUT2D eigenvalue weighted by Gasteiger charge is 2.09. The second kappa shape index (κ2) is 4.95. The molecule has 0 unspecified atom stereocenters. The Morgan fingerprint density at radius 2 is 2.06 bits per heavy atom. The van der Waals surface area contributed by atoms with Gasteiger partial charge in [0.2, 0.25) is 5.95 Å². The van der Waals surface area contributed by atoms with E-state index in [0.29, 0.717) is 23.6 Å². The zero-order valence-corrected chi connectivity index (χ0v) is 10.1. The molecule has 0 atom stereocenters. The average Bonchev–Trinajstić information content (AvgIpc) is 2.32. The Hall–Kier alpha value is -2.24. The van der Waals surface area contributed by atoms with Crippen LogP contribution in [0.1, 0.15) is 12.5 Å². The number of aryl methyl sites for hydroxylation is 1. The van der Waals surface area contributed by atoms with Crippen LogP contribution in [0.15, 0.2) is 18.2 Å². The second-order valence-electron chi connectivity index (χ2n) is 3.70. The molecule has 2 aromatic rings. The lowest BCUT2D eigenvalue weighted by Crippen LogP contribution is -2.04. The van der Waals surface area contributed by atoms with E-state index >= 15 is 0 Å². The number of nitrogens with two attached hydrogens (primary N) is 1. The number of ether oxygens (including phenoxy) is 1. The van der Waals surface area contributed by atoms with Crippen molar-refractivity contribution in [3.05, 3.63) is 29.6 Å². The SMILES string of the molecule is CCOc1nc(N)nc(-c2ccc(C)c(F)c2)n1. The molecule has 0 aliphatic rings. The largest absolute Gasteiger partial charge is 0.464 e. The molecule has 0 aliphatic carbocycles. The summed E-state index contributed by atoms with van der Waals surface area (Å²) in [6.07, 6.45) is 0. The van der Waals surface area contributed by atoms with Gasteiger partial charge in [-0.25, -0.2) is 4.39 Å². The van der Waals surface area contributed by atoms with Crippen molar-refractivity contribution in [3.8, 4) is 17.4 Å².